The fourth-order valence-corrected chi connectivity index (χ4v) is 4.17. The fourth-order valence-electron chi connectivity index (χ4n) is 4.17. The van der Waals surface area contributed by atoms with E-state index in [2.05, 4.69) is 22.0 Å². The monoisotopic (exact) mass is 293 g/mol. The first-order valence-corrected chi connectivity index (χ1v) is 9.53. The summed E-state index contributed by atoms with van der Waals surface area (Å²) in [6, 6.07) is 0.752. The van der Waals surface area contributed by atoms with Gasteiger partial charge < -0.3 is 10.2 Å². The molecule has 0 aromatic carbocycles. The van der Waals surface area contributed by atoms with E-state index in [1.165, 1.54) is 90.8 Å². The highest BCUT2D eigenvalue weighted by atomic mass is 15.3. The van der Waals surface area contributed by atoms with Gasteiger partial charge in [-0.2, -0.15) is 0 Å². The van der Waals surface area contributed by atoms with Gasteiger partial charge in [0.2, 0.25) is 0 Å². The van der Waals surface area contributed by atoms with Crippen LogP contribution in [0.4, 0.5) is 0 Å². The van der Waals surface area contributed by atoms with E-state index in [0.717, 1.165) is 17.9 Å². The Labute approximate surface area is 131 Å². The molecule has 0 amide bonds. The van der Waals surface area contributed by atoms with E-state index in [1.54, 1.807) is 0 Å². The Morgan fingerprint density at radius 1 is 0.952 bits per heavy atom. The van der Waals surface area contributed by atoms with Crippen LogP contribution in [-0.4, -0.2) is 61.7 Å². The van der Waals surface area contributed by atoms with Crippen molar-refractivity contribution in [1.29, 1.82) is 0 Å². The van der Waals surface area contributed by atoms with Crippen LogP contribution in [0.15, 0.2) is 0 Å². The van der Waals surface area contributed by atoms with Crippen molar-refractivity contribution < 1.29 is 0 Å². The second-order valence-corrected chi connectivity index (χ2v) is 7.65. The van der Waals surface area contributed by atoms with Gasteiger partial charge in [-0.05, 0) is 50.5 Å². The molecule has 0 aromatic rings. The molecule has 21 heavy (non-hydrogen) atoms. The Kier molecular flexibility index (Phi) is 5.96. The molecule has 1 aliphatic heterocycles. The van der Waals surface area contributed by atoms with Gasteiger partial charge >= 0.3 is 0 Å². The minimum atomic E-state index is 0.752. The number of nitrogens with one attached hydrogen (secondary N) is 1. The summed E-state index contributed by atoms with van der Waals surface area (Å²) < 4.78 is 0. The number of hydrogen-bond donors (Lipinski definition) is 1. The number of hydrogen-bond acceptors (Lipinski definition) is 3. The van der Waals surface area contributed by atoms with Crippen molar-refractivity contribution in [2.45, 2.75) is 57.9 Å². The van der Waals surface area contributed by atoms with E-state index in [1.807, 2.05) is 0 Å². The maximum atomic E-state index is 3.86. The lowest BCUT2D eigenvalue weighted by molar-refractivity contribution is 0.111. The summed E-state index contributed by atoms with van der Waals surface area (Å²) in [6.45, 7) is 11.4. The lowest BCUT2D eigenvalue weighted by atomic mass is 9.97. The Bertz CT molecular complexity index is 289. The first kappa shape index (κ1) is 15.8. The van der Waals surface area contributed by atoms with Crippen LogP contribution < -0.4 is 5.32 Å². The van der Waals surface area contributed by atoms with Crippen LogP contribution in [0.2, 0.25) is 0 Å². The average molecular weight is 293 g/mol. The summed E-state index contributed by atoms with van der Waals surface area (Å²) in [4.78, 5) is 5.44. The summed E-state index contributed by atoms with van der Waals surface area (Å²) in [5.74, 6) is 2.00. The topological polar surface area (TPSA) is 18.5 Å². The lowest BCUT2D eigenvalue weighted by Crippen LogP contribution is -2.52. The Balaban J connectivity index is 1.41. The quantitative estimate of drug-likeness (QED) is 0.742. The van der Waals surface area contributed by atoms with Crippen molar-refractivity contribution in [1.82, 2.24) is 15.1 Å². The van der Waals surface area contributed by atoms with Gasteiger partial charge in [-0.15, -0.1) is 0 Å². The number of nitrogens with zero attached hydrogens (tertiary/aromatic N) is 2. The molecule has 3 nitrogen and oxygen atoms in total. The molecule has 1 heterocycles. The Morgan fingerprint density at radius 3 is 2.24 bits per heavy atom. The normalized spacial score (nSPS) is 27.3. The molecule has 1 saturated heterocycles. The molecular formula is C18H35N3. The molecule has 122 valence electrons. The van der Waals surface area contributed by atoms with Crippen LogP contribution in [0, 0.1) is 11.8 Å². The summed E-state index contributed by atoms with van der Waals surface area (Å²) in [7, 11) is 0. The van der Waals surface area contributed by atoms with Gasteiger partial charge in [0.05, 0.1) is 0 Å². The second kappa shape index (κ2) is 7.94. The van der Waals surface area contributed by atoms with Gasteiger partial charge in [-0.1, -0.05) is 19.8 Å². The van der Waals surface area contributed by atoms with E-state index in [4.69, 9.17) is 0 Å². The summed E-state index contributed by atoms with van der Waals surface area (Å²) in [6.07, 6.45) is 10.1. The minimum Gasteiger partial charge on any atom is -0.312 e. The lowest BCUT2D eigenvalue weighted by Gasteiger charge is -2.38. The van der Waals surface area contributed by atoms with Gasteiger partial charge in [0.25, 0.3) is 0 Å². The smallest absolute Gasteiger partial charge is 0.0223 e. The zero-order valence-corrected chi connectivity index (χ0v) is 14.0. The average Bonchev–Trinajstić information content (AvgIpc) is 3.15. The van der Waals surface area contributed by atoms with E-state index in [9.17, 15) is 0 Å². The third-order valence-corrected chi connectivity index (χ3v) is 5.76. The minimum absolute atomic E-state index is 0.752. The van der Waals surface area contributed by atoms with Crippen molar-refractivity contribution in [2.24, 2.45) is 11.8 Å². The van der Waals surface area contributed by atoms with Crippen molar-refractivity contribution in [2.75, 3.05) is 45.8 Å². The first-order valence-electron chi connectivity index (χ1n) is 9.53. The standard InChI is InChI=1S/C18H35N3/c1-2-9-19-18(17-5-3-4-6-17)15-21-12-10-20(11-13-21)14-16-7-8-16/h16-19H,2-15H2,1H3. The van der Waals surface area contributed by atoms with Crippen LogP contribution in [-0.2, 0) is 0 Å². The number of rotatable bonds is 8. The van der Waals surface area contributed by atoms with Gasteiger partial charge in [-0.25, -0.2) is 0 Å². The molecule has 3 rings (SSSR count). The van der Waals surface area contributed by atoms with E-state index in [-0.39, 0.29) is 0 Å². The number of piperazine rings is 1. The SMILES string of the molecule is CCCNC(CN1CCN(CC2CC2)CC1)C1CCCC1. The second-order valence-electron chi connectivity index (χ2n) is 7.65. The summed E-state index contributed by atoms with van der Waals surface area (Å²) in [5.41, 5.74) is 0. The predicted octanol–water partition coefficient (Wildman–Crippen LogP) is 2.57. The summed E-state index contributed by atoms with van der Waals surface area (Å²) >= 11 is 0. The molecule has 0 bridgehead atoms. The fraction of sp³-hybridized carbons (Fsp3) is 1.00. The highest BCUT2D eigenvalue weighted by Crippen LogP contribution is 2.30. The molecule has 3 heteroatoms. The largest absolute Gasteiger partial charge is 0.312 e. The van der Waals surface area contributed by atoms with Gasteiger partial charge in [-0.3, -0.25) is 4.90 Å². The van der Waals surface area contributed by atoms with Crippen LogP contribution in [0.1, 0.15) is 51.9 Å². The Hall–Kier alpha value is -0.120. The maximum Gasteiger partial charge on any atom is 0.0223 e. The molecule has 2 aliphatic carbocycles. The van der Waals surface area contributed by atoms with Crippen LogP contribution in [0.5, 0.6) is 0 Å². The molecule has 0 radical (unpaired) electrons. The molecule has 0 aromatic heterocycles. The van der Waals surface area contributed by atoms with E-state index >= 15 is 0 Å². The van der Waals surface area contributed by atoms with E-state index in [0.29, 0.717) is 0 Å². The zero-order chi connectivity index (χ0) is 14.5. The Morgan fingerprint density at radius 2 is 1.62 bits per heavy atom. The highest BCUT2D eigenvalue weighted by Gasteiger charge is 2.29. The highest BCUT2D eigenvalue weighted by molar-refractivity contribution is 4.86. The molecule has 2 saturated carbocycles. The van der Waals surface area contributed by atoms with Gasteiger partial charge in [0, 0.05) is 45.3 Å². The van der Waals surface area contributed by atoms with Crippen molar-refractivity contribution in [3.05, 3.63) is 0 Å². The van der Waals surface area contributed by atoms with Crippen LogP contribution in [0.3, 0.4) is 0 Å². The first-order chi connectivity index (χ1) is 10.3. The van der Waals surface area contributed by atoms with Crippen LogP contribution >= 0.6 is 0 Å². The van der Waals surface area contributed by atoms with Crippen LogP contribution in [0.25, 0.3) is 0 Å². The molecule has 3 fully saturated rings. The summed E-state index contributed by atoms with van der Waals surface area (Å²) in [5, 5.41) is 3.86. The molecule has 0 spiro atoms. The maximum absolute atomic E-state index is 3.86. The molecule has 1 unspecified atom stereocenters. The third kappa shape index (κ3) is 4.94. The van der Waals surface area contributed by atoms with Gasteiger partial charge in [0.1, 0.15) is 0 Å². The van der Waals surface area contributed by atoms with Crippen molar-refractivity contribution in [3.63, 3.8) is 0 Å². The van der Waals surface area contributed by atoms with E-state index < -0.39 is 0 Å². The van der Waals surface area contributed by atoms with Crippen molar-refractivity contribution in [3.8, 4) is 0 Å². The van der Waals surface area contributed by atoms with Gasteiger partial charge in [0.15, 0.2) is 0 Å². The predicted molar refractivity (Wildman–Crippen MR) is 89.6 cm³/mol. The van der Waals surface area contributed by atoms with Crippen molar-refractivity contribution >= 4 is 0 Å². The molecule has 3 aliphatic rings. The molecular weight excluding hydrogens is 258 g/mol. The molecule has 1 atom stereocenters. The third-order valence-electron chi connectivity index (χ3n) is 5.76. The zero-order valence-electron chi connectivity index (χ0n) is 14.0. The molecule has 1 N–H and O–H groups in total.